The summed E-state index contributed by atoms with van der Waals surface area (Å²) >= 11 is 5.88. The molecule has 31 heavy (non-hydrogen) atoms. The highest BCUT2D eigenvalue weighted by atomic mass is 35.5. The quantitative estimate of drug-likeness (QED) is 0.474. The van der Waals surface area contributed by atoms with Gasteiger partial charge >= 0.3 is 17.9 Å². The van der Waals surface area contributed by atoms with Crippen molar-refractivity contribution in [3.05, 3.63) is 41.4 Å². The first kappa shape index (κ1) is 24.7. The van der Waals surface area contributed by atoms with Crippen LogP contribution >= 0.6 is 11.6 Å². The van der Waals surface area contributed by atoms with Crippen molar-refractivity contribution in [1.82, 2.24) is 4.90 Å². The van der Waals surface area contributed by atoms with Gasteiger partial charge in [-0.05, 0) is 57.0 Å². The summed E-state index contributed by atoms with van der Waals surface area (Å²) in [5.41, 5.74) is -0.420. The van der Waals surface area contributed by atoms with Gasteiger partial charge in [-0.15, -0.1) is 0 Å². The van der Waals surface area contributed by atoms with Crippen molar-refractivity contribution >= 4 is 29.5 Å². The summed E-state index contributed by atoms with van der Waals surface area (Å²) in [6.07, 6.45) is 6.39. The van der Waals surface area contributed by atoms with Crippen molar-refractivity contribution in [2.75, 3.05) is 7.05 Å². The number of carbonyl (C=O) groups is 3. The lowest BCUT2D eigenvalue weighted by molar-refractivity contribution is -0.192. The van der Waals surface area contributed by atoms with E-state index >= 15 is 0 Å². The molecule has 3 atom stereocenters. The molecule has 0 radical (unpaired) electrons. The van der Waals surface area contributed by atoms with E-state index in [1.165, 1.54) is 6.42 Å². The molecule has 2 saturated heterocycles. The number of ether oxygens (including phenoxy) is 2. The predicted octanol–water partition coefficient (Wildman–Crippen LogP) is 3.73. The number of carboxylic acid groups (broad SMARTS) is 2. The van der Waals surface area contributed by atoms with Crippen molar-refractivity contribution in [3.63, 3.8) is 0 Å². The molecule has 0 amide bonds. The third-order valence-corrected chi connectivity index (χ3v) is 5.80. The summed E-state index contributed by atoms with van der Waals surface area (Å²) in [5.74, 6) is -2.14. The molecule has 2 aliphatic heterocycles. The number of carbonyl (C=O) groups excluding carboxylic acids is 1. The third kappa shape index (κ3) is 6.97. The van der Waals surface area contributed by atoms with Gasteiger partial charge in [-0.25, -0.2) is 14.4 Å². The Morgan fingerprint density at radius 3 is 2.32 bits per heavy atom. The van der Waals surface area contributed by atoms with E-state index in [2.05, 4.69) is 11.9 Å². The Labute approximate surface area is 186 Å². The van der Waals surface area contributed by atoms with Gasteiger partial charge in [0.15, 0.2) is 11.8 Å². The second-order valence-corrected chi connectivity index (χ2v) is 7.98. The van der Waals surface area contributed by atoms with Crippen molar-refractivity contribution < 1.29 is 34.1 Å². The fourth-order valence-corrected chi connectivity index (χ4v) is 4.02. The molecule has 9 heteroatoms. The number of benzene rings is 1. The molecule has 2 heterocycles. The number of nitrogens with zero attached hydrogens (tertiary/aromatic N) is 1. The van der Waals surface area contributed by atoms with Gasteiger partial charge in [-0.1, -0.05) is 18.5 Å². The van der Waals surface area contributed by atoms with Gasteiger partial charge in [0.2, 0.25) is 0 Å². The van der Waals surface area contributed by atoms with Crippen molar-refractivity contribution in [3.8, 4) is 5.75 Å². The number of hydrogen-bond donors (Lipinski definition) is 2. The number of hydrogen-bond acceptors (Lipinski definition) is 6. The monoisotopic (exact) mass is 453 g/mol. The smallest absolute Gasteiger partial charge is 0.349 e. The number of halogens is 1. The summed E-state index contributed by atoms with van der Waals surface area (Å²) in [6, 6.07) is 7.60. The zero-order valence-electron chi connectivity index (χ0n) is 17.6. The fourth-order valence-electron chi connectivity index (χ4n) is 3.89. The third-order valence-electron chi connectivity index (χ3n) is 5.55. The molecule has 2 bridgehead atoms. The summed E-state index contributed by atoms with van der Waals surface area (Å²) in [6.45, 7) is 1.93. The second kappa shape index (κ2) is 11.2. The molecule has 8 nitrogen and oxygen atoms in total. The normalized spacial score (nSPS) is 23.5. The molecule has 0 aliphatic carbocycles. The minimum absolute atomic E-state index is 0.267. The van der Waals surface area contributed by atoms with Gasteiger partial charge in [0.1, 0.15) is 5.75 Å². The molecule has 2 aliphatic rings. The summed E-state index contributed by atoms with van der Waals surface area (Å²) in [5, 5.41) is 16.3. The van der Waals surface area contributed by atoms with Crippen LogP contribution in [0.5, 0.6) is 5.75 Å². The first-order chi connectivity index (χ1) is 14.7. The van der Waals surface area contributed by atoms with E-state index in [0.717, 1.165) is 25.7 Å². The number of fused-ring (bicyclic) bond motifs is 2. The molecular weight excluding hydrogens is 426 g/mol. The Balaban J connectivity index is 0.000000366. The predicted molar refractivity (Wildman–Crippen MR) is 114 cm³/mol. The Kier molecular flexibility index (Phi) is 8.88. The SMILES string of the molecule is CCC(Oc1ccc(Cl)cc1)C(=O)O[C@]12CCC[C@H](CC1)N2C.O=C(O)/C=C\C(=O)O. The van der Waals surface area contributed by atoms with Crippen LogP contribution in [0.1, 0.15) is 45.4 Å². The van der Waals surface area contributed by atoms with E-state index in [4.69, 9.17) is 31.3 Å². The van der Waals surface area contributed by atoms with Gasteiger partial charge in [-0.3, -0.25) is 4.90 Å². The first-order valence-electron chi connectivity index (χ1n) is 10.2. The largest absolute Gasteiger partial charge is 0.479 e. The summed E-state index contributed by atoms with van der Waals surface area (Å²) in [7, 11) is 2.07. The average Bonchev–Trinajstić information content (AvgIpc) is 2.90. The zero-order valence-corrected chi connectivity index (χ0v) is 18.4. The molecule has 3 rings (SSSR count). The number of esters is 1. The zero-order chi connectivity index (χ0) is 23.0. The Morgan fingerprint density at radius 2 is 1.77 bits per heavy atom. The molecule has 0 saturated carbocycles. The van der Waals surface area contributed by atoms with Gasteiger partial charge in [-0.2, -0.15) is 0 Å². The van der Waals surface area contributed by atoms with Gasteiger partial charge in [0, 0.05) is 36.1 Å². The maximum absolute atomic E-state index is 12.6. The van der Waals surface area contributed by atoms with E-state index in [0.29, 0.717) is 35.4 Å². The van der Waals surface area contributed by atoms with Crippen LogP contribution in [0.15, 0.2) is 36.4 Å². The lowest BCUT2D eigenvalue weighted by Crippen LogP contribution is -2.52. The van der Waals surface area contributed by atoms with E-state index < -0.39 is 23.8 Å². The molecule has 1 unspecified atom stereocenters. The molecule has 2 fully saturated rings. The lowest BCUT2D eigenvalue weighted by atomic mass is 10.0. The van der Waals surface area contributed by atoms with Crippen LogP contribution in [-0.2, 0) is 19.1 Å². The fraction of sp³-hybridized carbons (Fsp3) is 0.500. The van der Waals surface area contributed by atoms with Crippen molar-refractivity contribution in [2.45, 2.75) is 63.3 Å². The number of piperidine rings is 1. The van der Waals surface area contributed by atoms with Gasteiger partial charge in [0.05, 0.1) is 0 Å². The van der Waals surface area contributed by atoms with E-state index in [1.807, 2.05) is 6.92 Å². The minimum Gasteiger partial charge on any atom is -0.479 e. The number of rotatable bonds is 7. The molecule has 0 spiro atoms. The Hall–Kier alpha value is -2.58. The molecule has 2 N–H and O–H groups in total. The van der Waals surface area contributed by atoms with Gasteiger partial charge in [0.25, 0.3) is 0 Å². The van der Waals surface area contributed by atoms with Crippen LogP contribution < -0.4 is 4.74 Å². The Morgan fingerprint density at radius 1 is 1.16 bits per heavy atom. The standard InChI is InChI=1S/C18H24ClNO3.C4H4O4/c1-3-16(22-15-8-6-13(19)7-9-15)17(21)23-18-11-4-5-14(10-12-18)20(18)2;5-3(6)1-2-4(7)8/h6-9,14,16H,3-5,10-12H2,1-2H3;1-2H,(H,5,6)(H,7,8)/b;2-1-/t14-,16?,18-;/m1./s1. The van der Waals surface area contributed by atoms with Crippen LogP contribution in [0.4, 0.5) is 0 Å². The van der Waals surface area contributed by atoms with Crippen LogP contribution in [0, 0.1) is 0 Å². The van der Waals surface area contributed by atoms with Gasteiger partial charge < -0.3 is 19.7 Å². The van der Waals surface area contributed by atoms with Crippen molar-refractivity contribution in [2.24, 2.45) is 0 Å². The highest BCUT2D eigenvalue weighted by Crippen LogP contribution is 2.44. The van der Waals surface area contributed by atoms with E-state index in [-0.39, 0.29) is 5.97 Å². The van der Waals surface area contributed by atoms with Crippen LogP contribution in [0.3, 0.4) is 0 Å². The maximum atomic E-state index is 12.6. The topological polar surface area (TPSA) is 113 Å². The summed E-state index contributed by atoms with van der Waals surface area (Å²) < 4.78 is 11.8. The van der Waals surface area contributed by atoms with E-state index in [1.54, 1.807) is 24.3 Å². The highest BCUT2D eigenvalue weighted by Gasteiger charge is 2.50. The van der Waals surface area contributed by atoms with Crippen LogP contribution in [0.25, 0.3) is 0 Å². The molecule has 1 aromatic carbocycles. The number of aliphatic carboxylic acids is 2. The second-order valence-electron chi connectivity index (χ2n) is 7.54. The maximum Gasteiger partial charge on any atom is 0.349 e. The molecule has 0 aromatic heterocycles. The minimum atomic E-state index is -1.26. The number of carboxylic acids is 2. The molecular formula is C22H28ClNO7. The highest BCUT2D eigenvalue weighted by molar-refractivity contribution is 6.30. The lowest BCUT2D eigenvalue weighted by Gasteiger charge is -2.42. The molecule has 1 aromatic rings. The van der Waals surface area contributed by atoms with Crippen molar-refractivity contribution in [1.29, 1.82) is 0 Å². The van der Waals surface area contributed by atoms with Crippen LogP contribution in [0.2, 0.25) is 5.02 Å². The molecule has 170 valence electrons. The first-order valence-corrected chi connectivity index (χ1v) is 10.6. The average molecular weight is 454 g/mol. The summed E-state index contributed by atoms with van der Waals surface area (Å²) in [4.78, 5) is 34.0. The Bertz CT molecular complexity index is 791. The van der Waals surface area contributed by atoms with E-state index in [9.17, 15) is 14.4 Å². The van der Waals surface area contributed by atoms with Crippen LogP contribution in [-0.4, -0.2) is 57.9 Å².